The van der Waals surface area contributed by atoms with Crippen LogP contribution in [0.25, 0.3) is 5.69 Å². The van der Waals surface area contributed by atoms with E-state index in [-0.39, 0.29) is 22.9 Å². The van der Waals surface area contributed by atoms with E-state index in [0.29, 0.717) is 58.6 Å². The summed E-state index contributed by atoms with van der Waals surface area (Å²) in [5.74, 6) is -0.139. The van der Waals surface area contributed by atoms with Gasteiger partial charge in [-0.1, -0.05) is 65.2 Å². The molecule has 0 atom stereocenters. The number of nitriles is 1. The molecule has 0 bridgehead atoms. The minimum atomic E-state index is -0.334. The minimum absolute atomic E-state index is 0.0702. The molecule has 38 heavy (non-hydrogen) atoms. The normalized spacial score (nSPS) is 10.6. The zero-order valence-corrected chi connectivity index (χ0v) is 22.2. The van der Waals surface area contributed by atoms with Gasteiger partial charge in [-0.05, 0) is 56.2 Å². The minimum Gasteiger partial charge on any atom is -0.369 e. The Labute approximate surface area is 231 Å². The van der Waals surface area contributed by atoms with E-state index < -0.39 is 0 Å². The van der Waals surface area contributed by atoms with E-state index in [0.717, 1.165) is 5.56 Å². The predicted octanol–water partition coefficient (Wildman–Crippen LogP) is 6.21. The van der Waals surface area contributed by atoms with Gasteiger partial charge in [-0.3, -0.25) is 9.59 Å². The van der Waals surface area contributed by atoms with Gasteiger partial charge in [0.1, 0.15) is 17.5 Å². The molecule has 0 unspecified atom stereocenters. The number of aryl methyl sites for hydroxylation is 1. The Morgan fingerprint density at radius 2 is 1.63 bits per heavy atom. The number of nitrogens with one attached hydrogen (secondary N) is 2. The molecule has 1 amide bonds. The fourth-order valence-corrected chi connectivity index (χ4v) is 4.20. The predicted molar refractivity (Wildman–Crippen MR) is 149 cm³/mol. The van der Waals surface area contributed by atoms with E-state index >= 15 is 0 Å². The number of carbonyl (C=O) groups excluding carboxylic acids is 2. The zero-order valence-electron chi connectivity index (χ0n) is 20.7. The summed E-state index contributed by atoms with van der Waals surface area (Å²) in [6, 6.07) is 23.2. The van der Waals surface area contributed by atoms with E-state index in [1.807, 2.05) is 19.1 Å². The molecule has 2 N–H and O–H groups in total. The van der Waals surface area contributed by atoms with E-state index in [4.69, 9.17) is 23.2 Å². The summed E-state index contributed by atoms with van der Waals surface area (Å²) in [4.78, 5) is 25.6. The summed E-state index contributed by atoms with van der Waals surface area (Å²) in [6.07, 6.45) is 1.38. The third-order valence-electron chi connectivity index (χ3n) is 5.90. The monoisotopic (exact) mass is 545 g/mol. The second-order valence-corrected chi connectivity index (χ2v) is 9.48. The Hall–Kier alpha value is -4.12. The average molecular weight is 546 g/mol. The number of carbonyl (C=O) groups is 2. The van der Waals surface area contributed by atoms with Crippen LogP contribution in [-0.2, 0) is 0 Å². The van der Waals surface area contributed by atoms with Gasteiger partial charge in [-0.15, -0.1) is 0 Å². The molecule has 7 nitrogen and oxygen atoms in total. The molecule has 0 saturated carbocycles. The Balaban J connectivity index is 1.48. The topological polar surface area (TPSA) is 99.8 Å². The van der Waals surface area contributed by atoms with Crippen molar-refractivity contribution >= 4 is 40.7 Å². The summed E-state index contributed by atoms with van der Waals surface area (Å²) in [7, 11) is 0. The van der Waals surface area contributed by atoms with Gasteiger partial charge >= 0.3 is 0 Å². The summed E-state index contributed by atoms with van der Waals surface area (Å²) in [5, 5.41) is 21.6. The highest BCUT2D eigenvalue weighted by Crippen LogP contribution is 2.26. The molecule has 0 fully saturated rings. The van der Waals surface area contributed by atoms with Crippen molar-refractivity contribution in [2.45, 2.75) is 19.8 Å². The molecule has 0 aliphatic heterocycles. The lowest BCUT2D eigenvalue weighted by molar-refractivity contribution is 0.0952. The lowest BCUT2D eigenvalue weighted by atomic mass is 10.0. The molecule has 9 heteroatoms. The van der Waals surface area contributed by atoms with Crippen LogP contribution in [0.5, 0.6) is 0 Å². The van der Waals surface area contributed by atoms with Crippen LogP contribution in [0.4, 0.5) is 5.82 Å². The number of amides is 1. The van der Waals surface area contributed by atoms with Crippen LogP contribution in [-0.4, -0.2) is 34.6 Å². The van der Waals surface area contributed by atoms with Crippen molar-refractivity contribution in [3.8, 4) is 11.8 Å². The van der Waals surface area contributed by atoms with E-state index in [1.165, 1.54) is 0 Å². The first kappa shape index (κ1) is 26.9. The summed E-state index contributed by atoms with van der Waals surface area (Å²) < 4.78 is 1.55. The molecule has 3 aromatic carbocycles. The molecule has 0 radical (unpaired) electrons. The van der Waals surface area contributed by atoms with Crippen LogP contribution in [0.2, 0.25) is 10.0 Å². The highest BCUT2D eigenvalue weighted by Gasteiger charge is 2.25. The van der Waals surface area contributed by atoms with Crippen LogP contribution in [0.3, 0.4) is 0 Å². The number of ketones is 1. The molecule has 0 aliphatic carbocycles. The fraction of sp³-hybridized carbons (Fsp3) is 0.172. The first-order valence-corrected chi connectivity index (χ1v) is 12.8. The fourth-order valence-electron chi connectivity index (χ4n) is 3.86. The second-order valence-electron chi connectivity index (χ2n) is 8.64. The number of benzene rings is 3. The van der Waals surface area contributed by atoms with Crippen molar-refractivity contribution in [1.29, 1.82) is 5.26 Å². The Bertz CT molecular complexity index is 1490. The van der Waals surface area contributed by atoms with E-state index in [2.05, 4.69) is 21.8 Å². The number of nitrogens with zero attached hydrogens (tertiary/aromatic N) is 3. The average Bonchev–Trinajstić information content (AvgIpc) is 3.29. The Morgan fingerprint density at radius 1 is 0.947 bits per heavy atom. The highest BCUT2D eigenvalue weighted by atomic mass is 35.5. The Kier molecular flexibility index (Phi) is 8.80. The smallest absolute Gasteiger partial charge is 0.252 e. The summed E-state index contributed by atoms with van der Waals surface area (Å²) >= 11 is 12.1. The van der Waals surface area contributed by atoms with Crippen molar-refractivity contribution in [2.24, 2.45) is 0 Å². The van der Waals surface area contributed by atoms with Crippen molar-refractivity contribution in [3.63, 3.8) is 0 Å². The molecule has 0 saturated heterocycles. The van der Waals surface area contributed by atoms with Gasteiger partial charge < -0.3 is 10.6 Å². The first-order chi connectivity index (χ1) is 18.4. The van der Waals surface area contributed by atoms with E-state index in [9.17, 15) is 14.9 Å². The summed E-state index contributed by atoms with van der Waals surface area (Å²) in [6.45, 7) is 2.90. The van der Waals surface area contributed by atoms with Crippen LogP contribution in [0.1, 0.15) is 50.4 Å². The SMILES string of the molecule is Cc1ccc(C(=O)c2nn(-c3ccc(Cl)cc3)c(NCCCCNC(=O)c3ccccc3Cl)c2C#N)cc1. The van der Waals surface area contributed by atoms with Crippen molar-refractivity contribution in [2.75, 3.05) is 18.4 Å². The van der Waals surface area contributed by atoms with Crippen LogP contribution < -0.4 is 10.6 Å². The molecular weight excluding hydrogens is 521 g/mol. The maximum Gasteiger partial charge on any atom is 0.252 e. The lowest BCUT2D eigenvalue weighted by Crippen LogP contribution is -2.25. The third-order valence-corrected chi connectivity index (χ3v) is 6.48. The number of rotatable bonds is 10. The quantitative estimate of drug-likeness (QED) is 0.182. The van der Waals surface area contributed by atoms with Crippen molar-refractivity contribution in [3.05, 3.63) is 111 Å². The van der Waals surface area contributed by atoms with Gasteiger partial charge in [-0.25, -0.2) is 4.68 Å². The van der Waals surface area contributed by atoms with Crippen molar-refractivity contribution in [1.82, 2.24) is 15.1 Å². The van der Waals surface area contributed by atoms with Gasteiger partial charge in [0.2, 0.25) is 5.78 Å². The Morgan fingerprint density at radius 3 is 2.32 bits per heavy atom. The molecule has 0 aliphatic rings. The second kappa shape index (κ2) is 12.4. The molecule has 1 aromatic heterocycles. The number of aromatic nitrogens is 2. The number of halogens is 2. The molecule has 4 rings (SSSR count). The molecular formula is C29H25Cl2N5O2. The van der Waals surface area contributed by atoms with Gasteiger partial charge in [-0.2, -0.15) is 10.4 Å². The molecule has 0 spiro atoms. The number of hydrogen-bond acceptors (Lipinski definition) is 5. The van der Waals surface area contributed by atoms with Gasteiger partial charge in [0.25, 0.3) is 5.91 Å². The zero-order chi connectivity index (χ0) is 27.1. The molecule has 1 heterocycles. The van der Waals surface area contributed by atoms with Crippen molar-refractivity contribution < 1.29 is 9.59 Å². The molecule has 192 valence electrons. The van der Waals surface area contributed by atoms with Crippen LogP contribution in [0.15, 0.2) is 72.8 Å². The number of hydrogen-bond donors (Lipinski definition) is 2. The lowest BCUT2D eigenvalue weighted by Gasteiger charge is -2.11. The largest absolute Gasteiger partial charge is 0.369 e. The third kappa shape index (κ3) is 6.23. The van der Waals surface area contributed by atoms with Gasteiger partial charge in [0, 0.05) is 23.7 Å². The first-order valence-electron chi connectivity index (χ1n) is 12.1. The number of anilines is 1. The summed E-state index contributed by atoms with van der Waals surface area (Å²) in [5.41, 5.74) is 2.80. The van der Waals surface area contributed by atoms with Gasteiger partial charge in [0.15, 0.2) is 5.69 Å². The maximum atomic E-state index is 13.3. The maximum absolute atomic E-state index is 13.3. The van der Waals surface area contributed by atoms with Crippen LogP contribution >= 0.6 is 23.2 Å². The molecule has 4 aromatic rings. The van der Waals surface area contributed by atoms with Crippen LogP contribution in [0, 0.1) is 18.3 Å². The standard InChI is InChI=1S/C29H25Cl2N5O2/c1-19-8-10-20(11-9-19)27(37)26-24(18-32)28(36(35-26)22-14-12-21(30)13-15-22)33-16-4-5-17-34-29(38)23-6-2-3-7-25(23)31/h2-3,6-15,33H,4-5,16-17H2,1H3,(H,34,38). The number of unbranched alkanes of at least 4 members (excludes halogenated alkanes) is 1. The highest BCUT2D eigenvalue weighted by molar-refractivity contribution is 6.33. The van der Waals surface area contributed by atoms with E-state index in [1.54, 1.807) is 65.3 Å². The van der Waals surface area contributed by atoms with Gasteiger partial charge in [0.05, 0.1) is 16.3 Å².